The third kappa shape index (κ3) is 3.51. The van der Waals surface area contributed by atoms with E-state index in [0.717, 1.165) is 29.4 Å². The number of carbonyl (C=O) groups excluding carboxylic acids is 1. The Bertz CT molecular complexity index is 563. The summed E-state index contributed by atoms with van der Waals surface area (Å²) in [6.07, 6.45) is 3.95. The molecule has 3 N–H and O–H groups in total. The van der Waals surface area contributed by atoms with Gasteiger partial charge in [0.05, 0.1) is 11.2 Å². The van der Waals surface area contributed by atoms with Crippen molar-refractivity contribution in [1.29, 1.82) is 0 Å². The smallest absolute Gasteiger partial charge is 0.225 e. The number of hydrogen-bond donors (Lipinski definition) is 2. The molecule has 0 bridgehead atoms. The molecule has 100 valence electrons. The van der Waals surface area contributed by atoms with Gasteiger partial charge in [-0.1, -0.05) is 19.4 Å². The summed E-state index contributed by atoms with van der Waals surface area (Å²) in [7, 11) is 0. The monoisotopic (exact) mass is 257 g/mol. The standard InChI is InChI=1S/C15H19N3O/c1-2-5-11(16)10-15(19)18-14-8-3-7-13-12(14)6-4-9-17-13/h3-4,6-9,11H,2,5,10,16H2,1H3,(H,18,19). The Kier molecular flexibility index (Phi) is 4.47. The maximum absolute atomic E-state index is 11.9. The zero-order chi connectivity index (χ0) is 13.7. The molecule has 1 heterocycles. The quantitative estimate of drug-likeness (QED) is 0.865. The third-order valence-electron chi connectivity index (χ3n) is 3.03. The van der Waals surface area contributed by atoms with Gasteiger partial charge in [0.15, 0.2) is 0 Å². The van der Waals surface area contributed by atoms with Crippen molar-refractivity contribution in [2.45, 2.75) is 32.2 Å². The van der Waals surface area contributed by atoms with Crippen molar-refractivity contribution >= 4 is 22.5 Å². The van der Waals surface area contributed by atoms with Crippen molar-refractivity contribution in [1.82, 2.24) is 4.98 Å². The number of nitrogens with one attached hydrogen (secondary N) is 1. The van der Waals surface area contributed by atoms with E-state index in [1.807, 2.05) is 30.3 Å². The van der Waals surface area contributed by atoms with E-state index < -0.39 is 0 Å². The Hall–Kier alpha value is -1.94. The van der Waals surface area contributed by atoms with Gasteiger partial charge >= 0.3 is 0 Å². The van der Waals surface area contributed by atoms with Crippen LogP contribution in [-0.4, -0.2) is 16.9 Å². The van der Waals surface area contributed by atoms with Gasteiger partial charge in [-0.15, -0.1) is 0 Å². The summed E-state index contributed by atoms with van der Waals surface area (Å²) in [5.41, 5.74) is 7.54. The van der Waals surface area contributed by atoms with Crippen LogP contribution in [0.5, 0.6) is 0 Å². The van der Waals surface area contributed by atoms with Crippen LogP contribution in [-0.2, 0) is 4.79 Å². The molecule has 0 saturated carbocycles. The fraction of sp³-hybridized carbons (Fsp3) is 0.333. The molecule has 0 aliphatic heterocycles. The fourth-order valence-corrected chi connectivity index (χ4v) is 2.12. The number of amides is 1. The van der Waals surface area contributed by atoms with Crippen LogP contribution in [0, 0.1) is 0 Å². The first-order valence-corrected chi connectivity index (χ1v) is 6.60. The molecule has 2 rings (SSSR count). The first-order valence-electron chi connectivity index (χ1n) is 6.60. The van der Waals surface area contributed by atoms with Crippen LogP contribution >= 0.6 is 0 Å². The van der Waals surface area contributed by atoms with Crippen LogP contribution in [0.3, 0.4) is 0 Å². The van der Waals surface area contributed by atoms with Crippen LogP contribution < -0.4 is 11.1 Å². The van der Waals surface area contributed by atoms with E-state index >= 15 is 0 Å². The van der Waals surface area contributed by atoms with E-state index in [1.165, 1.54) is 0 Å². The van der Waals surface area contributed by atoms with Crippen molar-refractivity contribution in [3.63, 3.8) is 0 Å². The van der Waals surface area contributed by atoms with Crippen LogP contribution in [0.4, 0.5) is 5.69 Å². The largest absolute Gasteiger partial charge is 0.327 e. The van der Waals surface area contributed by atoms with E-state index in [0.29, 0.717) is 6.42 Å². The van der Waals surface area contributed by atoms with E-state index in [2.05, 4.69) is 17.2 Å². The lowest BCUT2D eigenvalue weighted by molar-refractivity contribution is -0.116. The molecule has 0 saturated heterocycles. The van der Waals surface area contributed by atoms with Gasteiger partial charge in [-0.3, -0.25) is 9.78 Å². The molecule has 1 aromatic heterocycles. The molecule has 4 heteroatoms. The number of benzene rings is 1. The molecular formula is C15H19N3O. The molecule has 2 aromatic rings. The van der Waals surface area contributed by atoms with Crippen molar-refractivity contribution in [2.75, 3.05) is 5.32 Å². The van der Waals surface area contributed by atoms with Crippen molar-refractivity contribution in [3.8, 4) is 0 Å². The fourth-order valence-electron chi connectivity index (χ4n) is 2.12. The zero-order valence-electron chi connectivity index (χ0n) is 11.1. The second-order valence-corrected chi connectivity index (χ2v) is 4.68. The lowest BCUT2D eigenvalue weighted by Gasteiger charge is -2.11. The summed E-state index contributed by atoms with van der Waals surface area (Å²) < 4.78 is 0. The van der Waals surface area contributed by atoms with Gasteiger partial charge in [-0.25, -0.2) is 0 Å². The molecule has 4 nitrogen and oxygen atoms in total. The third-order valence-corrected chi connectivity index (χ3v) is 3.03. The van der Waals surface area contributed by atoms with Gasteiger partial charge in [-0.2, -0.15) is 0 Å². The highest BCUT2D eigenvalue weighted by atomic mass is 16.1. The summed E-state index contributed by atoms with van der Waals surface area (Å²) in [5.74, 6) is -0.0442. The van der Waals surface area contributed by atoms with Gasteiger partial charge < -0.3 is 11.1 Å². The molecule has 1 unspecified atom stereocenters. The molecule has 1 atom stereocenters. The highest BCUT2D eigenvalue weighted by Gasteiger charge is 2.10. The topological polar surface area (TPSA) is 68.0 Å². The average molecular weight is 257 g/mol. The van der Waals surface area contributed by atoms with Crippen molar-refractivity contribution < 1.29 is 4.79 Å². The number of anilines is 1. The summed E-state index contributed by atoms with van der Waals surface area (Å²) in [6.45, 7) is 2.06. The van der Waals surface area contributed by atoms with E-state index in [-0.39, 0.29) is 11.9 Å². The lowest BCUT2D eigenvalue weighted by Crippen LogP contribution is -2.26. The number of nitrogens with two attached hydrogens (primary N) is 1. The van der Waals surface area contributed by atoms with Gasteiger partial charge in [0, 0.05) is 24.0 Å². The minimum Gasteiger partial charge on any atom is -0.327 e. The van der Waals surface area contributed by atoms with Crippen LogP contribution in [0.25, 0.3) is 10.9 Å². The number of carbonyl (C=O) groups is 1. The van der Waals surface area contributed by atoms with E-state index in [4.69, 9.17) is 5.73 Å². The summed E-state index contributed by atoms with van der Waals surface area (Å²) in [4.78, 5) is 16.2. The first-order chi connectivity index (χ1) is 9.20. The predicted molar refractivity (Wildman–Crippen MR) is 77.9 cm³/mol. The first kappa shape index (κ1) is 13.5. The summed E-state index contributed by atoms with van der Waals surface area (Å²) in [5, 5.41) is 3.86. The highest BCUT2D eigenvalue weighted by Crippen LogP contribution is 2.21. The maximum atomic E-state index is 11.9. The summed E-state index contributed by atoms with van der Waals surface area (Å²) >= 11 is 0. The van der Waals surface area contributed by atoms with Crippen LogP contribution in [0.2, 0.25) is 0 Å². The minimum absolute atomic E-state index is 0.0442. The summed E-state index contributed by atoms with van der Waals surface area (Å²) in [6, 6.07) is 9.43. The van der Waals surface area contributed by atoms with E-state index in [1.54, 1.807) is 6.20 Å². The number of pyridine rings is 1. The Morgan fingerprint density at radius 1 is 1.37 bits per heavy atom. The number of fused-ring (bicyclic) bond motifs is 1. The molecule has 0 fully saturated rings. The van der Waals surface area contributed by atoms with Crippen molar-refractivity contribution in [3.05, 3.63) is 36.5 Å². The number of rotatable bonds is 5. The minimum atomic E-state index is -0.0712. The lowest BCUT2D eigenvalue weighted by atomic mass is 10.1. The van der Waals surface area contributed by atoms with Crippen LogP contribution in [0.1, 0.15) is 26.2 Å². The Morgan fingerprint density at radius 2 is 2.21 bits per heavy atom. The van der Waals surface area contributed by atoms with Gasteiger partial charge in [-0.05, 0) is 30.7 Å². The average Bonchev–Trinajstić information content (AvgIpc) is 2.39. The Labute approximate surface area is 113 Å². The SMILES string of the molecule is CCCC(N)CC(=O)Nc1cccc2ncccc12. The molecule has 0 aliphatic rings. The molecule has 0 aliphatic carbocycles. The zero-order valence-corrected chi connectivity index (χ0v) is 11.1. The molecular weight excluding hydrogens is 238 g/mol. The van der Waals surface area contributed by atoms with E-state index in [9.17, 15) is 4.79 Å². The van der Waals surface area contributed by atoms with Gasteiger partial charge in [0.25, 0.3) is 0 Å². The molecule has 1 amide bonds. The number of hydrogen-bond acceptors (Lipinski definition) is 3. The van der Waals surface area contributed by atoms with Crippen molar-refractivity contribution in [2.24, 2.45) is 5.73 Å². The Balaban J connectivity index is 2.11. The second kappa shape index (κ2) is 6.29. The molecule has 0 spiro atoms. The molecule has 19 heavy (non-hydrogen) atoms. The second-order valence-electron chi connectivity index (χ2n) is 4.68. The number of aromatic nitrogens is 1. The Morgan fingerprint density at radius 3 is 3.00 bits per heavy atom. The molecule has 0 radical (unpaired) electrons. The molecule has 1 aromatic carbocycles. The van der Waals surface area contributed by atoms with Crippen LogP contribution in [0.15, 0.2) is 36.5 Å². The predicted octanol–water partition coefficient (Wildman–Crippen LogP) is 2.69. The number of nitrogens with zero attached hydrogens (tertiary/aromatic N) is 1. The maximum Gasteiger partial charge on any atom is 0.225 e. The van der Waals surface area contributed by atoms with Gasteiger partial charge in [0.2, 0.25) is 5.91 Å². The normalized spacial score (nSPS) is 12.3. The van der Waals surface area contributed by atoms with Gasteiger partial charge in [0.1, 0.15) is 0 Å². The highest BCUT2D eigenvalue weighted by molar-refractivity contribution is 6.01.